The fourth-order valence-electron chi connectivity index (χ4n) is 2.02. The third kappa shape index (κ3) is 0.777. The lowest BCUT2D eigenvalue weighted by Crippen LogP contribution is -2.63. The van der Waals surface area contributed by atoms with Gasteiger partial charge in [0.2, 0.25) is 5.91 Å². The van der Waals surface area contributed by atoms with Crippen LogP contribution in [0.5, 0.6) is 0 Å². The maximum Gasteiger partial charge on any atom is 0.327 e. The number of likely N-dealkylation sites (tertiary alicyclic amines) is 1. The van der Waals surface area contributed by atoms with Gasteiger partial charge in [-0.1, -0.05) is 0 Å². The van der Waals surface area contributed by atoms with Gasteiger partial charge in [-0.25, -0.2) is 4.79 Å². The van der Waals surface area contributed by atoms with Gasteiger partial charge in [-0.05, 0) is 12.8 Å². The molecule has 0 radical (unpaired) electrons. The number of carboxylic acid groups (broad SMARTS) is 1. The zero-order valence-electron chi connectivity index (χ0n) is 6.91. The Hall–Kier alpha value is -1.06. The van der Waals surface area contributed by atoms with Gasteiger partial charge in [-0.15, -0.1) is 0 Å². The van der Waals surface area contributed by atoms with Gasteiger partial charge in [0.1, 0.15) is 6.04 Å². The lowest BCUT2D eigenvalue weighted by molar-refractivity contribution is -0.164. The number of amides is 1. The SMILES string of the molecule is CC(=O)N1CC2(CC2)C1C(=O)O. The number of hydrogen-bond donors (Lipinski definition) is 1. The number of rotatable bonds is 1. The summed E-state index contributed by atoms with van der Waals surface area (Å²) >= 11 is 0. The van der Waals surface area contributed by atoms with E-state index >= 15 is 0 Å². The molecule has 2 fully saturated rings. The monoisotopic (exact) mass is 169 g/mol. The molecule has 2 aliphatic rings. The summed E-state index contributed by atoms with van der Waals surface area (Å²) in [6.07, 6.45) is 1.93. The second kappa shape index (κ2) is 2.00. The maximum absolute atomic E-state index is 10.9. The molecule has 0 aromatic heterocycles. The Balaban J connectivity index is 2.13. The molecule has 0 bridgehead atoms. The Kier molecular flexibility index (Phi) is 1.26. The normalized spacial score (nSPS) is 29.8. The van der Waals surface area contributed by atoms with E-state index in [2.05, 4.69) is 0 Å². The zero-order valence-corrected chi connectivity index (χ0v) is 6.91. The molecule has 12 heavy (non-hydrogen) atoms. The molecule has 2 rings (SSSR count). The number of nitrogens with zero attached hydrogens (tertiary/aromatic N) is 1. The van der Waals surface area contributed by atoms with Gasteiger partial charge in [0, 0.05) is 18.9 Å². The van der Waals surface area contributed by atoms with E-state index in [0.717, 1.165) is 12.8 Å². The minimum atomic E-state index is -0.853. The molecule has 1 aliphatic heterocycles. The fraction of sp³-hybridized carbons (Fsp3) is 0.750. The van der Waals surface area contributed by atoms with Gasteiger partial charge in [0.15, 0.2) is 0 Å². The topological polar surface area (TPSA) is 57.6 Å². The first-order chi connectivity index (χ1) is 5.57. The third-order valence-corrected chi connectivity index (χ3v) is 2.91. The van der Waals surface area contributed by atoms with Gasteiger partial charge in [0.25, 0.3) is 0 Å². The molecule has 1 saturated carbocycles. The molecule has 1 unspecified atom stereocenters. The molecule has 1 N–H and O–H groups in total. The zero-order chi connectivity index (χ0) is 8.93. The van der Waals surface area contributed by atoms with Crippen molar-refractivity contribution < 1.29 is 14.7 Å². The van der Waals surface area contributed by atoms with Crippen molar-refractivity contribution in [2.75, 3.05) is 6.54 Å². The molecule has 4 heteroatoms. The highest BCUT2D eigenvalue weighted by Gasteiger charge is 2.64. The number of carbonyl (C=O) groups excluding carboxylic acids is 1. The van der Waals surface area contributed by atoms with Crippen molar-refractivity contribution in [2.45, 2.75) is 25.8 Å². The van der Waals surface area contributed by atoms with Crippen LogP contribution in [0.3, 0.4) is 0 Å². The first kappa shape index (κ1) is 7.58. The van der Waals surface area contributed by atoms with E-state index in [4.69, 9.17) is 5.11 Å². The molecule has 1 amide bonds. The molecule has 1 spiro atoms. The highest BCUT2D eigenvalue weighted by Crippen LogP contribution is 2.57. The van der Waals surface area contributed by atoms with E-state index < -0.39 is 12.0 Å². The Morgan fingerprint density at radius 3 is 2.42 bits per heavy atom. The van der Waals surface area contributed by atoms with Crippen molar-refractivity contribution in [1.82, 2.24) is 4.90 Å². The van der Waals surface area contributed by atoms with Crippen LogP contribution in [-0.2, 0) is 9.59 Å². The third-order valence-electron chi connectivity index (χ3n) is 2.91. The van der Waals surface area contributed by atoms with Gasteiger partial charge >= 0.3 is 5.97 Å². The maximum atomic E-state index is 10.9. The second-order valence-electron chi connectivity index (χ2n) is 3.75. The van der Waals surface area contributed by atoms with Crippen LogP contribution in [0.4, 0.5) is 0 Å². The molecule has 0 aromatic rings. The van der Waals surface area contributed by atoms with Crippen molar-refractivity contribution in [3.05, 3.63) is 0 Å². The van der Waals surface area contributed by atoms with Crippen LogP contribution < -0.4 is 0 Å². The highest BCUT2D eigenvalue weighted by molar-refractivity contribution is 5.86. The van der Waals surface area contributed by atoms with Crippen LogP contribution in [0.25, 0.3) is 0 Å². The largest absolute Gasteiger partial charge is 0.480 e. The molecule has 4 nitrogen and oxygen atoms in total. The van der Waals surface area contributed by atoms with Crippen molar-refractivity contribution in [3.63, 3.8) is 0 Å². The van der Waals surface area contributed by atoms with Crippen LogP contribution in [0.15, 0.2) is 0 Å². The predicted octanol–water partition coefficient (Wildman–Crippen LogP) is 0.0819. The highest BCUT2D eigenvalue weighted by atomic mass is 16.4. The summed E-state index contributed by atoms with van der Waals surface area (Å²) in [5.74, 6) is -0.978. The lowest BCUT2D eigenvalue weighted by atomic mass is 9.85. The van der Waals surface area contributed by atoms with Crippen LogP contribution in [0.1, 0.15) is 19.8 Å². The van der Waals surface area contributed by atoms with Crippen LogP contribution >= 0.6 is 0 Å². The fourth-order valence-corrected chi connectivity index (χ4v) is 2.02. The Morgan fingerprint density at radius 2 is 2.08 bits per heavy atom. The van der Waals surface area contributed by atoms with E-state index in [0.29, 0.717) is 6.54 Å². The number of aliphatic carboxylic acids is 1. The van der Waals surface area contributed by atoms with E-state index in [9.17, 15) is 9.59 Å². The van der Waals surface area contributed by atoms with E-state index in [-0.39, 0.29) is 11.3 Å². The Morgan fingerprint density at radius 1 is 1.50 bits per heavy atom. The van der Waals surface area contributed by atoms with Crippen molar-refractivity contribution >= 4 is 11.9 Å². The minimum Gasteiger partial charge on any atom is -0.480 e. The summed E-state index contributed by atoms with van der Waals surface area (Å²) in [4.78, 5) is 23.1. The van der Waals surface area contributed by atoms with Crippen molar-refractivity contribution in [1.29, 1.82) is 0 Å². The van der Waals surface area contributed by atoms with Crippen LogP contribution in [0, 0.1) is 5.41 Å². The predicted molar refractivity (Wildman–Crippen MR) is 40.5 cm³/mol. The van der Waals surface area contributed by atoms with Crippen LogP contribution in [0.2, 0.25) is 0 Å². The van der Waals surface area contributed by atoms with E-state index in [1.165, 1.54) is 11.8 Å². The summed E-state index contributed by atoms with van der Waals surface area (Å²) in [7, 11) is 0. The first-order valence-corrected chi connectivity index (χ1v) is 4.07. The Labute approximate surface area is 70.2 Å². The van der Waals surface area contributed by atoms with Gasteiger partial charge in [-0.2, -0.15) is 0 Å². The molecular formula is C8H11NO3. The molecule has 1 heterocycles. The summed E-state index contributed by atoms with van der Waals surface area (Å²) < 4.78 is 0. The number of carboxylic acids is 1. The van der Waals surface area contributed by atoms with E-state index in [1.54, 1.807) is 0 Å². The lowest BCUT2D eigenvalue weighted by Gasteiger charge is -2.45. The average molecular weight is 169 g/mol. The molecular weight excluding hydrogens is 158 g/mol. The van der Waals surface area contributed by atoms with E-state index in [1.807, 2.05) is 0 Å². The summed E-state index contributed by atoms with van der Waals surface area (Å²) in [6.45, 7) is 2.07. The summed E-state index contributed by atoms with van der Waals surface area (Å²) in [5.41, 5.74) is -0.0303. The molecule has 66 valence electrons. The summed E-state index contributed by atoms with van der Waals surface area (Å²) in [6, 6.07) is -0.532. The van der Waals surface area contributed by atoms with Gasteiger partial charge in [0.05, 0.1) is 0 Å². The quantitative estimate of drug-likeness (QED) is 0.604. The van der Waals surface area contributed by atoms with Gasteiger partial charge in [-0.3, -0.25) is 4.79 Å². The average Bonchev–Trinajstić information content (AvgIpc) is 2.59. The Bertz CT molecular complexity index is 257. The van der Waals surface area contributed by atoms with Crippen molar-refractivity contribution in [2.24, 2.45) is 5.41 Å². The molecule has 1 aliphatic carbocycles. The number of hydrogen-bond acceptors (Lipinski definition) is 2. The van der Waals surface area contributed by atoms with Crippen LogP contribution in [-0.4, -0.2) is 34.5 Å². The standard InChI is InChI=1S/C8H11NO3/c1-5(10)9-4-8(2-3-8)6(9)7(11)12/h6H,2-4H2,1H3,(H,11,12). The molecule has 1 atom stereocenters. The minimum absolute atomic E-state index is 0.0303. The smallest absolute Gasteiger partial charge is 0.327 e. The van der Waals surface area contributed by atoms with Gasteiger partial charge < -0.3 is 10.0 Å². The second-order valence-corrected chi connectivity index (χ2v) is 3.75. The summed E-state index contributed by atoms with van der Waals surface area (Å²) in [5, 5.41) is 8.83. The molecule has 1 saturated heterocycles. The van der Waals surface area contributed by atoms with Crippen molar-refractivity contribution in [3.8, 4) is 0 Å². The first-order valence-electron chi connectivity index (χ1n) is 4.07. The number of carbonyl (C=O) groups is 2. The molecule has 0 aromatic carbocycles.